The standard InChI is InChI=1S/C27H26N6O/c1-2-33-26-24(18-29-33)23(16-25(30-26)22-6-4-3-5-7-22)27(34)32-14-12-31(13-15-32)19-21-10-8-20(17-28)9-11-21/h3-11,16,18H,2,12-15,19H2,1H3. The van der Waals surface area contributed by atoms with Crippen LogP contribution in [0.15, 0.2) is 66.9 Å². The monoisotopic (exact) mass is 450 g/mol. The topological polar surface area (TPSA) is 78.0 Å². The number of amides is 1. The van der Waals surface area contributed by atoms with Gasteiger partial charge in [0, 0.05) is 44.8 Å². The normalized spacial score (nSPS) is 14.3. The number of benzene rings is 2. The molecule has 2 aromatic heterocycles. The van der Waals surface area contributed by atoms with E-state index in [0.717, 1.165) is 41.9 Å². The van der Waals surface area contributed by atoms with Crippen molar-refractivity contribution in [2.75, 3.05) is 26.2 Å². The van der Waals surface area contributed by atoms with Crippen LogP contribution in [0.5, 0.6) is 0 Å². The van der Waals surface area contributed by atoms with Crippen molar-refractivity contribution >= 4 is 16.9 Å². The molecule has 34 heavy (non-hydrogen) atoms. The van der Waals surface area contributed by atoms with Gasteiger partial charge in [0.15, 0.2) is 5.65 Å². The van der Waals surface area contributed by atoms with E-state index in [1.807, 2.05) is 77.2 Å². The summed E-state index contributed by atoms with van der Waals surface area (Å²) in [7, 11) is 0. The lowest BCUT2D eigenvalue weighted by molar-refractivity contribution is 0.0630. The number of aryl methyl sites for hydroxylation is 1. The second-order valence-electron chi connectivity index (χ2n) is 8.50. The highest BCUT2D eigenvalue weighted by molar-refractivity contribution is 6.06. The first-order chi connectivity index (χ1) is 16.7. The fourth-order valence-corrected chi connectivity index (χ4v) is 4.44. The molecular formula is C27H26N6O. The Bertz CT molecular complexity index is 1350. The summed E-state index contributed by atoms with van der Waals surface area (Å²) in [5.41, 5.74) is 5.01. The summed E-state index contributed by atoms with van der Waals surface area (Å²) >= 11 is 0. The van der Waals surface area contributed by atoms with Crippen LogP contribution in [0.2, 0.25) is 0 Å². The van der Waals surface area contributed by atoms with E-state index < -0.39 is 0 Å². The highest BCUT2D eigenvalue weighted by Gasteiger charge is 2.25. The molecule has 0 radical (unpaired) electrons. The summed E-state index contributed by atoms with van der Waals surface area (Å²) in [5.74, 6) is 0.0262. The number of rotatable bonds is 5. The van der Waals surface area contributed by atoms with Crippen LogP contribution in [0, 0.1) is 11.3 Å². The molecule has 4 aromatic rings. The molecule has 1 aliphatic rings. The van der Waals surface area contributed by atoms with E-state index in [0.29, 0.717) is 30.8 Å². The van der Waals surface area contributed by atoms with Gasteiger partial charge in [-0.05, 0) is 30.7 Å². The Kier molecular flexibility index (Phi) is 6.07. The fourth-order valence-electron chi connectivity index (χ4n) is 4.44. The summed E-state index contributed by atoms with van der Waals surface area (Å²) in [6, 6.07) is 21.7. The minimum atomic E-state index is 0.0262. The van der Waals surface area contributed by atoms with Crippen molar-refractivity contribution in [1.29, 1.82) is 5.26 Å². The van der Waals surface area contributed by atoms with Crippen LogP contribution in [0.1, 0.15) is 28.4 Å². The lowest BCUT2D eigenvalue weighted by Gasteiger charge is -2.35. The molecule has 0 N–H and O–H groups in total. The van der Waals surface area contributed by atoms with Gasteiger partial charge in [0.2, 0.25) is 0 Å². The van der Waals surface area contributed by atoms with Crippen LogP contribution < -0.4 is 0 Å². The van der Waals surface area contributed by atoms with Crippen LogP contribution in [0.3, 0.4) is 0 Å². The van der Waals surface area contributed by atoms with Gasteiger partial charge in [-0.3, -0.25) is 9.69 Å². The minimum Gasteiger partial charge on any atom is -0.336 e. The Balaban J connectivity index is 1.36. The number of nitriles is 1. The second kappa shape index (κ2) is 9.46. The number of carbonyl (C=O) groups excluding carboxylic acids is 1. The maximum Gasteiger partial charge on any atom is 0.254 e. The molecule has 0 bridgehead atoms. The molecule has 0 saturated carbocycles. The van der Waals surface area contributed by atoms with Gasteiger partial charge >= 0.3 is 0 Å². The summed E-state index contributed by atoms with van der Waals surface area (Å²) in [5, 5.41) is 14.2. The molecule has 170 valence electrons. The molecule has 7 heteroatoms. The van der Waals surface area contributed by atoms with E-state index in [-0.39, 0.29) is 5.91 Å². The van der Waals surface area contributed by atoms with Crippen molar-refractivity contribution < 1.29 is 4.79 Å². The fraction of sp³-hybridized carbons (Fsp3) is 0.259. The molecule has 0 aliphatic carbocycles. The van der Waals surface area contributed by atoms with Crippen molar-refractivity contribution in [2.24, 2.45) is 0 Å². The van der Waals surface area contributed by atoms with Gasteiger partial charge in [-0.2, -0.15) is 10.4 Å². The Morgan fingerprint density at radius 2 is 1.76 bits per heavy atom. The van der Waals surface area contributed by atoms with Gasteiger partial charge in [-0.1, -0.05) is 42.5 Å². The van der Waals surface area contributed by atoms with Crippen LogP contribution in [0.25, 0.3) is 22.3 Å². The average molecular weight is 451 g/mol. The molecule has 1 amide bonds. The summed E-state index contributed by atoms with van der Waals surface area (Å²) in [6.45, 7) is 6.48. The maximum atomic E-state index is 13.6. The van der Waals surface area contributed by atoms with Crippen molar-refractivity contribution in [2.45, 2.75) is 20.0 Å². The summed E-state index contributed by atoms with van der Waals surface area (Å²) in [4.78, 5) is 22.8. The molecule has 7 nitrogen and oxygen atoms in total. The highest BCUT2D eigenvalue weighted by atomic mass is 16.2. The first-order valence-corrected chi connectivity index (χ1v) is 11.6. The number of fused-ring (bicyclic) bond motifs is 1. The molecule has 0 atom stereocenters. The lowest BCUT2D eigenvalue weighted by atomic mass is 10.1. The van der Waals surface area contributed by atoms with Crippen molar-refractivity contribution in [3.63, 3.8) is 0 Å². The molecule has 3 heterocycles. The number of nitrogens with zero attached hydrogens (tertiary/aromatic N) is 6. The predicted octanol–water partition coefficient (Wildman–Crippen LogP) is 3.95. The highest BCUT2D eigenvalue weighted by Crippen LogP contribution is 2.26. The predicted molar refractivity (Wildman–Crippen MR) is 131 cm³/mol. The summed E-state index contributed by atoms with van der Waals surface area (Å²) < 4.78 is 1.84. The van der Waals surface area contributed by atoms with Crippen LogP contribution in [-0.4, -0.2) is 56.7 Å². The summed E-state index contributed by atoms with van der Waals surface area (Å²) in [6.07, 6.45) is 1.76. The molecule has 1 fully saturated rings. The zero-order chi connectivity index (χ0) is 23.5. The number of hydrogen-bond donors (Lipinski definition) is 0. The molecule has 5 rings (SSSR count). The molecule has 1 aliphatic heterocycles. The third kappa shape index (κ3) is 4.28. The SMILES string of the molecule is CCn1ncc2c(C(=O)N3CCN(Cc4ccc(C#N)cc4)CC3)cc(-c3ccccc3)nc21. The van der Waals surface area contributed by atoms with Gasteiger partial charge in [0.25, 0.3) is 5.91 Å². The first-order valence-electron chi connectivity index (χ1n) is 11.6. The minimum absolute atomic E-state index is 0.0262. The number of carbonyl (C=O) groups is 1. The average Bonchev–Trinajstić information content (AvgIpc) is 3.32. The van der Waals surface area contributed by atoms with E-state index in [2.05, 4.69) is 16.1 Å². The van der Waals surface area contributed by atoms with Gasteiger partial charge in [-0.25, -0.2) is 9.67 Å². The van der Waals surface area contributed by atoms with Gasteiger partial charge in [0.05, 0.1) is 34.5 Å². The van der Waals surface area contributed by atoms with Gasteiger partial charge in [0.1, 0.15) is 0 Å². The molecule has 0 spiro atoms. The molecule has 1 saturated heterocycles. The quantitative estimate of drug-likeness (QED) is 0.460. The largest absolute Gasteiger partial charge is 0.336 e. The Morgan fingerprint density at radius 3 is 2.44 bits per heavy atom. The van der Waals surface area contributed by atoms with Crippen LogP contribution in [0.4, 0.5) is 0 Å². The molecular weight excluding hydrogens is 424 g/mol. The van der Waals surface area contributed by atoms with E-state index in [9.17, 15) is 4.79 Å². The number of aromatic nitrogens is 3. The van der Waals surface area contributed by atoms with Crippen molar-refractivity contribution in [1.82, 2.24) is 24.6 Å². The van der Waals surface area contributed by atoms with E-state index in [4.69, 9.17) is 10.2 Å². The van der Waals surface area contributed by atoms with E-state index in [1.165, 1.54) is 5.56 Å². The van der Waals surface area contributed by atoms with E-state index in [1.54, 1.807) is 6.20 Å². The third-order valence-corrected chi connectivity index (χ3v) is 6.36. The van der Waals surface area contributed by atoms with Gasteiger partial charge < -0.3 is 4.90 Å². The van der Waals surface area contributed by atoms with Crippen molar-refractivity contribution in [3.05, 3.63) is 83.6 Å². The molecule has 2 aromatic carbocycles. The zero-order valence-electron chi connectivity index (χ0n) is 19.2. The van der Waals surface area contributed by atoms with Gasteiger partial charge in [-0.15, -0.1) is 0 Å². The smallest absolute Gasteiger partial charge is 0.254 e. The second-order valence-corrected chi connectivity index (χ2v) is 8.50. The number of pyridine rings is 1. The Labute approximate surface area is 198 Å². The Hall–Kier alpha value is -4.02. The number of piperazine rings is 1. The lowest BCUT2D eigenvalue weighted by Crippen LogP contribution is -2.48. The zero-order valence-corrected chi connectivity index (χ0v) is 19.2. The first kappa shape index (κ1) is 21.8. The van der Waals surface area contributed by atoms with Crippen LogP contribution in [-0.2, 0) is 13.1 Å². The third-order valence-electron chi connectivity index (χ3n) is 6.36. The van der Waals surface area contributed by atoms with Crippen LogP contribution >= 0.6 is 0 Å². The number of hydrogen-bond acceptors (Lipinski definition) is 5. The Morgan fingerprint density at radius 1 is 1.03 bits per heavy atom. The van der Waals surface area contributed by atoms with Crippen molar-refractivity contribution in [3.8, 4) is 17.3 Å². The maximum absolute atomic E-state index is 13.6. The molecule has 0 unspecified atom stereocenters. The van der Waals surface area contributed by atoms with E-state index >= 15 is 0 Å².